The highest BCUT2D eigenvalue weighted by Gasteiger charge is 2.18. The number of carbonyl (C=O) groups is 1. The molecule has 186 valence electrons. The fourth-order valence-corrected chi connectivity index (χ4v) is 3.60. The highest BCUT2D eigenvalue weighted by atomic mass is 16.5. The first-order valence-corrected chi connectivity index (χ1v) is 11.6. The number of benzene rings is 2. The lowest BCUT2D eigenvalue weighted by Gasteiger charge is -2.10. The highest BCUT2D eigenvalue weighted by Crippen LogP contribution is 2.25. The van der Waals surface area contributed by atoms with Crippen molar-refractivity contribution in [2.45, 2.75) is 6.92 Å². The summed E-state index contributed by atoms with van der Waals surface area (Å²) in [6, 6.07) is 22.8. The van der Waals surface area contributed by atoms with Crippen molar-refractivity contribution in [3.05, 3.63) is 95.5 Å². The zero-order valence-corrected chi connectivity index (χ0v) is 19.9. The molecule has 0 aliphatic rings. The molecule has 0 aliphatic carbocycles. The van der Waals surface area contributed by atoms with Gasteiger partial charge < -0.3 is 19.2 Å². The second-order valence-corrected chi connectivity index (χ2v) is 7.87. The quantitative estimate of drug-likeness (QED) is 0.311. The maximum atomic E-state index is 12.8. The van der Waals surface area contributed by atoms with E-state index in [2.05, 4.69) is 20.4 Å². The van der Waals surface area contributed by atoms with Crippen LogP contribution < -0.4 is 20.3 Å². The number of aromatic nitrogens is 4. The Morgan fingerprint density at radius 1 is 0.973 bits per heavy atom. The van der Waals surface area contributed by atoms with Crippen LogP contribution in [-0.4, -0.2) is 38.9 Å². The lowest BCUT2D eigenvalue weighted by Crippen LogP contribution is -2.23. The molecular formula is C27H23N5O5. The first-order chi connectivity index (χ1) is 18.1. The van der Waals surface area contributed by atoms with Gasteiger partial charge in [-0.15, -0.1) is 0 Å². The molecule has 5 rings (SSSR count). The molecule has 5 aromatic rings. The number of hydrogen-bond acceptors (Lipinski definition) is 7. The molecule has 0 bridgehead atoms. The third-order valence-electron chi connectivity index (χ3n) is 5.25. The summed E-state index contributed by atoms with van der Waals surface area (Å²) in [6.07, 6.45) is 1.52. The van der Waals surface area contributed by atoms with Crippen LogP contribution in [0.1, 0.15) is 6.92 Å². The van der Waals surface area contributed by atoms with Crippen molar-refractivity contribution in [1.29, 1.82) is 0 Å². The second kappa shape index (κ2) is 10.6. The van der Waals surface area contributed by atoms with Gasteiger partial charge in [0.25, 0.3) is 11.5 Å². The van der Waals surface area contributed by atoms with Gasteiger partial charge in [-0.3, -0.25) is 14.6 Å². The maximum Gasteiger partial charge on any atom is 0.263 e. The number of carbonyl (C=O) groups excluding carboxylic acids is 1. The largest absolute Gasteiger partial charge is 0.494 e. The Morgan fingerprint density at radius 3 is 2.43 bits per heavy atom. The lowest BCUT2D eigenvalue weighted by molar-refractivity contribution is -0.118. The Balaban J connectivity index is 1.41. The van der Waals surface area contributed by atoms with Crippen molar-refractivity contribution in [3.8, 4) is 40.2 Å². The summed E-state index contributed by atoms with van der Waals surface area (Å²) in [5, 5.41) is 7.30. The van der Waals surface area contributed by atoms with E-state index >= 15 is 0 Å². The van der Waals surface area contributed by atoms with E-state index in [0.29, 0.717) is 35.3 Å². The molecular weight excluding hydrogens is 474 g/mol. The van der Waals surface area contributed by atoms with Crippen molar-refractivity contribution in [1.82, 2.24) is 19.7 Å². The molecule has 10 heteroatoms. The van der Waals surface area contributed by atoms with E-state index in [-0.39, 0.29) is 23.9 Å². The fraction of sp³-hybridized carbons (Fsp3) is 0.111. The van der Waals surface area contributed by atoms with Gasteiger partial charge in [0.15, 0.2) is 12.4 Å². The van der Waals surface area contributed by atoms with Gasteiger partial charge in [0, 0.05) is 17.7 Å². The molecule has 3 heterocycles. The summed E-state index contributed by atoms with van der Waals surface area (Å²) in [4.78, 5) is 32.5. The van der Waals surface area contributed by atoms with E-state index in [0.717, 1.165) is 5.56 Å². The zero-order valence-electron chi connectivity index (χ0n) is 19.9. The van der Waals surface area contributed by atoms with Gasteiger partial charge in [-0.25, -0.2) is 4.98 Å². The minimum absolute atomic E-state index is 0.131. The average Bonchev–Trinajstić information content (AvgIpc) is 3.59. The summed E-state index contributed by atoms with van der Waals surface area (Å²) in [5.41, 5.74) is 1.31. The smallest absolute Gasteiger partial charge is 0.263 e. The van der Waals surface area contributed by atoms with Crippen LogP contribution in [0.15, 0.2) is 94.3 Å². The Morgan fingerprint density at radius 2 is 1.73 bits per heavy atom. The number of aromatic amines is 1. The van der Waals surface area contributed by atoms with E-state index in [9.17, 15) is 9.59 Å². The highest BCUT2D eigenvalue weighted by molar-refractivity contribution is 5.91. The number of rotatable bonds is 9. The van der Waals surface area contributed by atoms with E-state index < -0.39 is 5.91 Å². The van der Waals surface area contributed by atoms with Crippen molar-refractivity contribution in [3.63, 3.8) is 0 Å². The molecule has 0 fully saturated rings. The van der Waals surface area contributed by atoms with Crippen molar-refractivity contribution in [2.75, 3.05) is 18.5 Å². The summed E-state index contributed by atoms with van der Waals surface area (Å²) >= 11 is 0. The monoisotopic (exact) mass is 497 g/mol. The zero-order chi connectivity index (χ0) is 25.6. The predicted octanol–water partition coefficient (Wildman–Crippen LogP) is 4.30. The molecule has 3 aromatic heterocycles. The first-order valence-electron chi connectivity index (χ1n) is 11.6. The molecule has 1 amide bonds. The summed E-state index contributed by atoms with van der Waals surface area (Å²) in [7, 11) is 0. The second-order valence-electron chi connectivity index (χ2n) is 7.87. The Kier molecular flexibility index (Phi) is 6.80. The van der Waals surface area contributed by atoms with Crippen LogP contribution in [0.4, 0.5) is 5.82 Å². The van der Waals surface area contributed by atoms with E-state index in [1.165, 1.54) is 17.0 Å². The van der Waals surface area contributed by atoms with Crippen molar-refractivity contribution < 1.29 is 18.7 Å². The number of H-pyrrole nitrogens is 1. The van der Waals surface area contributed by atoms with Crippen LogP contribution in [0.25, 0.3) is 28.7 Å². The van der Waals surface area contributed by atoms with Crippen molar-refractivity contribution in [2.24, 2.45) is 0 Å². The van der Waals surface area contributed by atoms with Crippen LogP contribution in [0, 0.1) is 0 Å². The normalized spacial score (nSPS) is 10.7. The Hall–Kier alpha value is -5.12. The third-order valence-corrected chi connectivity index (χ3v) is 5.25. The number of ether oxygens (including phenoxy) is 2. The first kappa shape index (κ1) is 23.6. The summed E-state index contributed by atoms with van der Waals surface area (Å²) in [5.74, 6) is 1.70. The van der Waals surface area contributed by atoms with Crippen LogP contribution in [0.3, 0.4) is 0 Å². The van der Waals surface area contributed by atoms with Gasteiger partial charge in [-0.2, -0.15) is 9.78 Å². The number of hydrogen-bond donors (Lipinski definition) is 2. The van der Waals surface area contributed by atoms with Crippen LogP contribution in [0.2, 0.25) is 0 Å². The standard InChI is InChI=1S/C27H23N5O5/c1-2-35-19-10-12-20(13-11-19)37-17-26(34)29-24-15-22(23-9-6-14-36-23)31-32(24)27-28-21(16-25(33)30-27)18-7-4-3-5-8-18/h3-16H,2,17H2,1H3,(H,29,34)(H,28,30,33). The number of nitrogens with zero attached hydrogens (tertiary/aromatic N) is 3. The fourth-order valence-electron chi connectivity index (χ4n) is 3.60. The van der Waals surface area contributed by atoms with Gasteiger partial charge >= 0.3 is 0 Å². The summed E-state index contributed by atoms with van der Waals surface area (Å²) < 4.78 is 17.8. The van der Waals surface area contributed by atoms with Gasteiger partial charge in [0.1, 0.15) is 23.0 Å². The van der Waals surface area contributed by atoms with E-state index in [4.69, 9.17) is 13.9 Å². The molecule has 0 atom stereocenters. The topological polar surface area (TPSA) is 124 Å². The molecule has 10 nitrogen and oxygen atoms in total. The minimum Gasteiger partial charge on any atom is -0.494 e. The van der Waals surface area contributed by atoms with Crippen LogP contribution in [-0.2, 0) is 4.79 Å². The van der Waals surface area contributed by atoms with Gasteiger partial charge in [-0.1, -0.05) is 30.3 Å². The van der Waals surface area contributed by atoms with Crippen LogP contribution >= 0.6 is 0 Å². The maximum absolute atomic E-state index is 12.8. The van der Waals surface area contributed by atoms with Gasteiger partial charge in [0.2, 0.25) is 5.95 Å². The molecule has 0 spiro atoms. The number of amides is 1. The van der Waals surface area contributed by atoms with Gasteiger partial charge in [-0.05, 0) is 43.3 Å². The summed E-state index contributed by atoms with van der Waals surface area (Å²) in [6.45, 7) is 2.22. The average molecular weight is 498 g/mol. The minimum atomic E-state index is -0.428. The number of nitrogens with one attached hydrogen (secondary N) is 2. The molecule has 2 aromatic carbocycles. The Labute approximate surface area is 211 Å². The molecule has 0 saturated carbocycles. The molecule has 0 unspecified atom stereocenters. The van der Waals surface area contributed by atoms with Crippen molar-refractivity contribution >= 4 is 11.7 Å². The lowest BCUT2D eigenvalue weighted by atomic mass is 10.1. The van der Waals surface area contributed by atoms with Gasteiger partial charge in [0.05, 0.1) is 18.6 Å². The SMILES string of the molecule is CCOc1ccc(OCC(=O)Nc2cc(-c3ccco3)nn2-c2nc(-c3ccccc3)cc(=O)[nH]2)cc1. The molecule has 0 radical (unpaired) electrons. The Bertz CT molecular complexity index is 1540. The molecule has 2 N–H and O–H groups in total. The van der Waals surface area contributed by atoms with E-state index in [1.54, 1.807) is 42.5 Å². The predicted molar refractivity (Wildman–Crippen MR) is 137 cm³/mol. The number of anilines is 1. The molecule has 0 aliphatic heterocycles. The van der Waals surface area contributed by atoms with Crippen LogP contribution in [0.5, 0.6) is 11.5 Å². The third kappa shape index (κ3) is 5.59. The molecule has 37 heavy (non-hydrogen) atoms. The van der Waals surface area contributed by atoms with E-state index in [1.807, 2.05) is 37.3 Å². The molecule has 0 saturated heterocycles. The number of furan rings is 1.